The van der Waals surface area contributed by atoms with Crippen LogP contribution in [0.1, 0.15) is 28.2 Å². The highest BCUT2D eigenvalue weighted by molar-refractivity contribution is 5.94. The van der Waals surface area contributed by atoms with Crippen LogP contribution in [0.3, 0.4) is 0 Å². The van der Waals surface area contributed by atoms with Crippen LogP contribution in [0.4, 0.5) is 5.95 Å². The number of imidazole rings is 1. The molecule has 2 atom stereocenters. The standard InChI is InChI=1S/C19H22N6O2/c1-12-4-9-25-16(10-12)22-13(2)17(25)18(27)24-8-5-14(15(26)11-24)23-19-20-6-3-7-21-19/h3-4,6-7,9-10,14-15,26H,5,8,11H2,1-2H3,(H,20,21,23)/t14-,15-/m1/s1. The number of rotatable bonds is 3. The predicted octanol–water partition coefficient (Wildman–Crippen LogP) is 1.43. The molecule has 1 aliphatic rings. The number of amides is 1. The summed E-state index contributed by atoms with van der Waals surface area (Å²) < 4.78 is 1.82. The van der Waals surface area contributed by atoms with Crippen molar-refractivity contribution < 1.29 is 9.90 Å². The van der Waals surface area contributed by atoms with Gasteiger partial charge in [0.05, 0.1) is 17.8 Å². The van der Waals surface area contributed by atoms with Gasteiger partial charge < -0.3 is 15.3 Å². The molecule has 8 heteroatoms. The maximum atomic E-state index is 13.1. The number of anilines is 1. The summed E-state index contributed by atoms with van der Waals surface area (Å²) in [7, 11) is 0. The molecule has 8 nitrogen and oxygen atoms in total. The number of pyridine rings is 1. The lowest BCUT2D eigenvalue weighted by Crippen LogP contribution is -2.52. The molecule has 4 rings (SSSR count). The molecule has 0 bridgehead atoms. The van der Waals surface area contributed by atoms with E-state index in [1.807, 2.05) is 36.6 Å². The predicted molar refractivity (Wildman–Crippen MR) is 101 cm³/mol. The lowest BCUT2D eigenvalue weighted by Gasteiger charge is -2.36. The van der Waals surface area contributed by atoms with Crippen molar-refractivity contribution in [2.24, 2.45) is 0 Å². The number of hydrogen-bond donors (Lipinski definition) is 2. The summed E-state index contributed by atoms with van der Waals surface area (Å²) >= 11 is 0. The Morgan fingerprint density at radius 1 is 1.30 bits per heavy atom. The van der Waals surface area contributed by atoms with Crippen LogP contribution in [0.25, 0.3) is 5.65 Å². The number of hydrogen-bond acceptors (Lipinski definition) is 6. The van der Waals surface area contributed by atoms with Gasteiger partial charge in [0.15, 0.2) is 0 Å². The van der Waals surface area contributed by atoms with Gasteiger partial charge in [-0.05, 0) is 44.0 Å². The number of aliphatic hydroxyl groups is 1. The fraction of sp³-hybridized carbons (Fsp3) is 0.368. The van der Waals surface area contributed by atoms with Crippen molar-refractivity contribution in [1.29, 1.82) is 0 Å². The van der Waals surface area contributed by atoms with Gasteiger partial charge in [-0.25, -0.2) is 15.0 Å². The summed E-state index contributed by atoms with van der Waals surface area (Å²) in [6.07, 6.45) is 5.08. The highest BCUT2D eigenvalue weighted by atomic mass is 16.3. The van der Waals surface area contributed by atoms with Gasteiger partial charge in [0.1, 0.15) is 11.3 Å². The Kier molecular flexibility index (Phi) is 4.49. The van der Waals surface area contributed by atoms with Crippen LogP contribution >= 0.6 is 0 Å². The Balaban J connectivity index is 1.51. The second kappa shape index (κ2) is 6.96. The average molecular weight is 366 g/mol. The van der Waals surface area contributed by atoms with Gasteiger partial charge >= 0.3 is 0 Å². The van der Waals surface area contributed by atoms with Crippen molar-refractivity contribution in [3.8, 4) is 0 Å². The van der Waals surface area contributed by atoms with E-state index in [0.29, 0.717) is 30.3 Å². The first-order chi connectivity index (χ1) is 13.0. The van der Waals surface area contributed by atoms with E-state index in [1.165, 1.54) is 0 Å². The van der Waals surface area contributed by atoms with Gasteiger partial charge in [-0.15, -0.1) is 0 Å². The summed E-state index contributed by atoms with van der Waals surface area (Å²) in [6, 6.07) is 5.45. The van der Waals surface area contributed by atoms with Crippen molar-refractivity contribution in [2.75, 3.05) is 18.4 Å². The topological polar surface area (TPSA) is 95.7 Å². The molecular formula is C19H22N6O2. The Hall–Kier alpha value is -3.00. The minimum absolute atomic E-state index is 0.114. The molecule has 3 aromatic rings. The van der Waals surface area contributed by atoms with E-state index in [0.717, 1.165) is 11.2 Å². The first kappa shape index (κ1) is 17.4. The Morgan fingerprint density at radius 2 is 2.07 bits per heavy atom. The third kappa shape index (κ3) is 3.35. The van der Waals surface area contributed by atoms with E-state index in [9.17, 15) is 9.90 Å². The largest absolute Gasteiger partial charge is 0.389 e. The molecule has 0 saturated carbocycles. The van der Waals surface area contributed by atoms with Crippen molar-refractivity contribution in [1.82, 2.24) is 24.3 Å². The molecule has 3 aromatic heterocycles. The molecule has 140 valence electrons. The molecule has 1 fully saturated rings. The number of piperidine rings is 1. The zero-order valence-electron chi connectivity index (χ0n) is 15.3. The van der Waals surface area contributed by atoms with Crippen molar-refractivity contribution in [3.05, 3.63) is 53.7 Å². The molecule has 2 N–H and O–H groups in total. The summed E-state index contributed by atoms with van der Waals surface area (Å²) in [5, 5.41) is 13.7. The summed E-state index contributed by atoms with van der Waals surface area (Å²) in [5.41, 5.74) is 3.10. The maximum Gasteiger partial charge on any atom is 0.272 e. The first-order valence-corrected chi connectivity index (χ1v) is 8.99. The van der Waals surface area contributed by atoms with Gasteiger partial charge in [0, 0.05) is 31.7 Å². The van der Waals surface area contributed by atoms with Crippen molar-refractivity contribution >= 4 is 17.5 Å². The molecule has 1 aliphatic heterocycles. The highest BCUT2D eigenvalue weighted by Gasteiger charge is 2.32. The van der Waals surface area contributed by atoms with Gasteiger partial charge in [0.25, 0.3) is 5.91 Å². The van der Waals surface area contributed by atoms with Crippen molar-refractivity contribution in [3.63, 3.8) is 0 Å². The number of likely N-dealkylation sites (tertiary alicyclic amines) is 1. The molecule has 1 saturated heterocycles. The zero-order valence-corrected chi connectivity index (χ0v) is 15.3. The zero-order chi connectivity index (χ0) is 19.0. The smallest absolute Gasteiger partial charge is 0.272 e. The fourth-order valence-corrected chi connectivity index (χ4v) is 3.50. The van der Waals surface area contributed by atoms with Crippen LogP contribution in [-0.2, 0) is 0 Å². The SMILES string of the molecule is Cc1ccn2c(C(=O)N3CC[C@@H](Nc4ncccn4)[C@H](O)C3)c(C)nc2c1. The Morgan fingerprint density at radius 3 is 2.81 bits per heavy atom. The van der Waals surface area contributed by atoms with Gasteiger partial charge in [-0.1, -0.05) is 0 Å². The van der Waals surface area contributed by atoms with Crippen LogP contribution in [0.5, 0.6) is 0 Å². The minimum atomic E-state index is -0.701. The lowest BCUT2D eigenvalue weighted by atomic mass is 10.0. The number of β-amino-alcohol motifs (C(OH)–C–C–N with tert-alkyl or cyclic N) is 1. The van der Waals surface area contributed by atoms with E-state index in [1.54, 1.807) is 23.4 Å². The molecule has 0 radical (unpaired) electrons. The lowest BCUT2D eigenvalue weighted by molar-refractivity contribution is 0.0419. The summed E-state index contributed by atoms with van der Waals surface area (Å²) in [6.45, 7) is 4.63. The van der Waals surface area contributed by atoms with Crippen LogP contribution in [0.2, 0.25) is 0 Å². The number of fused-ring (bicyclic) bond motifs is 1. The van der Waals surface area contributed by atoms with Crippen LogP contribution in [-0.4, -0.2) is 60.5 Å². The fourth-order valence-electron chi connectivity index (χ4n) is 3.50. The van der Waals surface area contributed by atoms with E-state index in [4.69, 9.17) is 0 Å². The molecule has 0 aromatic carbocycles. The molecule has 1 amide bonds. The van der Waals surface area contributed by atoms with E-state index in [2.05, 4.69) is 20.3 Å². The molecule has 0 spiro atoms. The Bertz CT molecular complexity index is 971. The van der Waals surface area contributed by atoms with Gasteiger partial charge in [-0.3, -0.25) is 9.20 Å². The molecule has 4 heterocycles. The first-order valence-electron chi connectivity index (χ1n) is 8.99. The molecule has 0 unspecified atom stereocenters. The quantitative estimate of drug-likeness (QED) is 0.728. The third-order valence-electron chi connectivity index (χ3n) is 4.91. The molecular weight excluding hydrogens is 344 g/mol. The monoisotopic (exact) mass is 366 g/mol. The summed E-state index contributed by atoms with van der Waals surface area (Å²) in [5.74, 6) is 0.367. The number of aliphatic hydroxyl groups excluding tert-OH is 1. The number of nitrogens with one attached hydrogen (secondary N) is 1. The number of carbonyl (C=O) groups excluding carboxylic acids is 1. The van der Waals surface area contributed by atoms with E-state index in [-0.39, 0.29) is 18.5 Å². The van der Waals surface area contributed by atoms with Crippen LogP contribution in [0, 0.1) is 13.8 Å². The Labute approximate surface area is 156 Å². The number of carbonyl (C=O) groups is 1. The normalized spacial score (nSPS) is 20.0. The maximum absolute atomic E-state index is 13.1. The average Bonchev–Trinajstić information content (AvgIpc) is 2.98. The second-order valence-electron chi connectivity index (χ2n) is 6.91. The number of aryl methyl sites for hydroxylation is 2. The van der Waals surface area contributed by atoms with E-state index >= 15 is 0 Å². The minimum Gasteiger partial charge on any atom is -0.389 e. The third-order valence-corrected chi connectivity index (χ3v) is 4.91. The highest BCUT2D eigenvalue weighted by Crippen LogP contribution is 2.20. The molecule has 0 aliphatic carbocycles. The number of aromatic nitrogens is 4. The van der Waals surface area contributed by atoms with Crippen LogP contribution in [0.15, 0.2) is 36.8 Å². The van der Waals surface area contributed by atoms with Gasteiger partial charge in [0.2, 0.25) is 5.95 Å². The van der Waals surface area contributed by atoms with Crippen LogP contribution < -0.4 is 5.32 Å². The van der Waals surface area contributed by atoms with E-state index < -0.39 is 6.10 Å². The number of nitrogens with zero attached hydrogens (tertiary/aromatic N) is 5. The van der Waals surface area contributed by atoms with Crippen molar-refractivity contribution in [2.45, 2.75) is 32.4 Å². The summed E-state index contributed by atoms with van der Waals surface area (Å²) in [4.78, 5) is 27.5. The second-order valence-corrected chi connectivity index (χ2v) is 6.91. The molecule has 27 heavy (non-hydrogen) atoms. The van der Waals surface area contributed by atoms with Gasteiger partial charge in [-0.2, -0.15) is 0 Å².